The second-order valence-corrected chi connectivity index (χ2v) is 6.00. The Morgan fingerprint density at radius 2 is 1.95 bits per heavy atom. The summed E-state index contributed by atoms with van der Waals surface area (Å²) in [5.41, 5.74) is 1.38. The zero-order chi connectivity index (χ0) is 14.7. The molecule has 1 amide bonds. The SMILES string of the molecule is CCC1CCC(N(C)C(=O)c2ccc(C)c(O)c2)CC1. The number of rotatable bonds is 3. The fourth-order valence-electron chi connectivity index (χ4n) is 3.05. The molecule has 2 rings (SSSR count). The maximum atomic E-state index is 12.5. The smallest absolute Gasteiger partial charge is 0.253 e. The fourth-order valence-corrected chi connectivity index (χ4v) is 3.05. The molecule has 110 valence electrons. The molecular formula is C17H25NO2. The van der Waals surface area contributed by atoms with Gasteiger partial charge in [0.15, 0.2) is 0 Å². The van der Waals surface area contributed by atoms with Gasteiger partial charge in [-0.05, 0) is 56.2 Å². The first-order valence-corrected chi connectivity index (χ1v) is 7.59. The molecule has 0 saturated heterocycles. The van der Waals surface area contributed by atoms with E-state index in [2.05, 4.69) is 6.92 Å². The van der Waals surface area contributed by atoms with Crippen molar-refractivity contribution in [2.45, 2.75) is 52.0 Å². The lowest BCUT2D eigenvalue weighted by atomic mass is 9.84. The van der Waals surface area contributed by atoms with Gasteiger partial charge in [-0.25, -0.2) is 0 Å². The molecule has 0 bridgehead atoms. The van der Waals surface area contributed by atoms with Crippen molar-refractivity contribution in [1.82, 2.24) is 4.90 Å². The molecule has 1 aromatic carbocycles. The molecule has 0 radical (unpaired) electrons. The summed E-state index contributed by atoms with van der Waals surface area (Å²) in [5, 5.41) is 9.74. The van der Waals surface area contributed by atoms with Crippen molar-refractivity contribution in [3.8, 4) is 5.75 Å². The van der Waals surface area contributed by atoms with Gasteiger partial charge in [0, 0.05) is 18.7 Å². The molecule has 0 heterocycles. The van der Waals surface area contributed by atoms with Crippen LogP contribution in [-0.4, -0.2) is 29.0 Å². The van der Waals surface area contributed by atoms with Gasteiger partial charge in [-0.15, -0.1) is 0 Å². The van der Waals surface area contributed by atoms with Crippen LogP contribution in [0.3, 0.4) is 0 Å². The number of aromatic hydroxyl groups is 1. The second kappa shape index (κ2) is 6.29. The summed E-state index contributed by atoms with van der Waals surface area (Å²) in [7, 11) is 1.89. The number of benzene rings is 1. The van der Waals surface area contributed by atoms with Gasteiger partial charge in [0.25, 0.3) is 5.91 Å². The topological polar surface area (TPSA) is 40.5 Å². The predicted molar refractivity (Wildman–Crippen MR) is 81.0 cm³/mol. The molecule has 1 fully saturated rings. The Kier molecular flexibility index (Phi) is 4.69. The molecule has 3 nitrogen and oxygen atoms in total. The highest BCUT2D eigenvalue weighted by atomic mass is 16.3. The lowest BCUT2D eigenvalue weighted by Crippen LogP contribution is -2.39. The molecule has 0 aromatic heterocycles. The molecule has 3 heteroatoms. The number of hydrogen-bond donors (Lipinski definition) is 1. The highest BCUT2D eigenvalue weighted by Crippen LogP contribution is 2.30. The van der Waals surface area contributed by atoms with Crippen molar-refractivity contribution in [2.24, 2.45) is 5.92 Å². The summed E-state index contributed by atoms with van der Waals surface area (Å²) in [6, 6.07) is 5.51. The third kappa shape index (κ3) is 3.14. The average molecular weight is 275 g/mol. The van der Waals surface area contributed by atoms with Crippen molar-refractivity contribution in [3.05, 3.63) is 29.3 Å². The van der Waals surface area contributed by atoms with Gasteiger partial charge in [0.05, 0.1) is 0 Å². The lowest BCUT2D eigenvalue weighted by Gasteiger charge is -2.34. The van der Waals surface area contributed by atoms with Gasteiger partial charge >= 0.3 is 0 Å². The fraction of sp³-hybridized carbons (Fsp3) is 0.588. The largest absolute Gasteiger partial charge is 0.508 e. The first kappa shape index (κ1) is 14.9. The first-order valence-electron chi connectivity index (χ1n) is 7.59. The molecular weight excluding hydrogens is 250 g/mol. The summed E-state index contributed by atoms with van der Waals surface area (Å²) < 4.78 is 0. The molecule has 1 aliphatic rings. The van der Waals surface area contributed by atoms with Crippen LogP contribution in [0.4, 0.5) is 0 Å². The van der Waals surface area contributed by atoms with Crippen molar-refractivity contribution in [1.29, 1.82) is 0 Å². The van der Waals surface area contributed by atoms with Crippen LogP contribution in [0.25, 0.3) is 0 Å². The molecule has 1 saturated carbocycles. The van der Waals surface area contributed by atoms with E-state index in [0.29, 0.717) is 11.6 Å². The zero-order valence-electron chi connectivity index (χ0n) is 12.7. The van der Waals surface area contributed by atoms with Crippen LogP contribution in [0, 0.1) is 12.8 Å². The Balaban J connectivity index is 2.03. The van der Waals surface area contributed by atoms with Gasteiger partial charge in [0.2, 0.25) is 0 Å². The van der Waals surface area contributed by atoms with Crippen molar-refractivity contribution < 1.29 is 9.90 Å². The summed E-state index contributed by atoms with van der Waals surface area (Å²) in [4.78, 5) is 14.3. The number of phenolic OH excluding ortho intramolecular Hbond substituents is 1. The third-order valence-corrected chi connectivity index (χ3v) is 4.72. The van der Waals surface area contributed by atoms with E-state index >= 15 is 0 Å². The number of hydrogen-bond acceptors (Lipinski definition) is 2. The van der Waals surface area contributed by atoms with Crippen LogP contribution in [0.5, 0.6) is 5.75 Å². The normalized spacial score (nSPS) is 22.6. The van der Waals surface area contributed by atoms with E-state index in [1.807, 2.05) is 18.9 Å². The van der Waals surface area contributed by atoms with E-state index in [9.17, 15) is 9.90 Å². The Hall–Kier alpha value is -1.51. The lowest BCUT2D eigenvalue weighted by molar-refractivity contribution is 0.0674. The van der Waals surface area contributed by atoms with E-state index in [1.165, 1.54) is 19.3 Å². The van der Waals surface area contributed by atoms with Crippen LogP contribution in [0.2, 0.25) is 0 Å². The van der Waals surface area contributed by atoms with Crippen molar-refractivity contribution in [3.63, 3.8) is 0 Å². The number of carbonyl (C=O) groups is 1. The minimum absolute atomic E-state index is 0.0141. The zero-order valence-corrected chi connectivity index (χ0v) is 12.7. The van der Waals surface area contributed by atoms with Gasteiger partial charge in [-0.2, -0.15) is 0 Å². The number of aryl methyl sites for hydroxylation is 1. The molecule has 1 N–H and O–H groups in total. The Labute approximate surface area is 121 Å². The molecule has 0 unspecified atom stereocenters. The van der Waals surface area contributed by atoms with Gasteiger partial charge in [-0.3, -0.25) is 4.79 Å². The molecule has 0 aliphatic heterocycles. The highest BCUT2D eigenvalue weighted by Gasteiger charge is 2.26. The number of carbonyl (C=O) groups excluding carboxylic acids is 1. The first-order chi connectivity index (χ1) is 9.52. The van der Waals surface area contributed by atoms with Crippen LogP contribution in [-0.2, 0) is 0 Å². The molecule has 0 spiro atoms. The summed E-state index contributed by atoms with van der Waals surface area (Å²) in [6.07, 6.45) is 5.88. The highest BCUT2D eigenvalue weighted by molar-refractivity contribution is 5.94. The van der Waals surface area contributed by atoms with Gasteiger partial charge in [0.1, 0.15) is 5.75 Å². The van der Waals surface area contributed by atoms with E-state index < -0.39 is 0 Å². The standard InChI is InChI=1S/C17H25NO2/c1-4-13-6-9-15(10-7-13)18(3)17(20)14-8-5-12(2)16(19)11-14/h5,8,11,13,15,19H,4,6-7,9-10H2,1-3H3. The quantitative estimate of drug-likeness (QED) is 0.913. The number of amides is 1. The van der Waals surface area contributed by atoms with Crippen LogP contribution in [0.15, 0.2) is 18.2 Å². The molecule has 1 aliphatic carbocycles. The third-order valence-electron chi connectivity index (χ3n) is 4.72. The number of phenols is 1. The van der Waals surface area contributed by atoms with Crippen LogP contribution >= 0.6 is 0 Å². The average Bonchev–Trinajstić information content (AvgIpc) is 2.48. The van der Waals surface area contributed by atoms with E-state index in [4.69, 9.17) is 0 Å². The number of nitrogens with zero attached hydrogens (tertiary/aromatic N) is 1. The minimum atomic E-state index is 0.0141. The van der Waals surface area contributed by atoms with Gasteiger partial charge in [-0.1, -0.05) is 19.4 Å². The van der Waals surface area contributed by atoms with Crippen molar-refractivity contribution >= 4 is 5.91 Å². The molecule has 1 aromatic rings. The molecule has 20 heavy (non-hydrogen) atoms. The van der Waals surface area contributed by atoms with E-state index in [0.717, 1.165) is 24.3 Å². The van der Waals surface area contributed by atoms with Crippen molar-refractivity contribution in [2.75, 3.05) is 7.05 Å². The summed E-state index contributed by atoms with van der Waals surface area (Å²) in [5.74, 6) is 1.04. The van der Waals surface area contributed by atoms with E-state index in [1.54, 1.807) is 18.2 Å². The van der Waals surface area contributed by atoms with Crippen LogP contribution < -0.4 is 0 Å². The van der Waals surface area contributed by atoms with Crippen LogP contribution in [0.1, 0.15) is 54.9 Å². The Bertz CT molecular complexity index is 476. The monoisotopic (exact) mass is 275 g/mol. The maximum Gasteiger partial charge on any atom is 0.253 e. The summed E-state index contributed by atoms with van der Waals surface area (Å²) >= 11 is 0. The minimum Gasteiger partial charge on any atom is -0.508 e. The maximum absolute atomic E-state index is 12.5. The Morgan fingerprint density at radius 3 is 2.50 bits per heavy atom. The second-order valence-electron chi connectivity index (χ2n) is 6.00. The Morgan fingerprint density at radius 1 is 1.30 bits per heavy atom. The van der Waals surface area contributed by atoms with E-state index in [-0.39, 0.29) is 11.7 Å². The molecule has 0 atom stereocenters. The summed E-state index contributed by atoms with van der Waals surface area (Å²) in [6.45, 7) is 4.08. The van der Waals surface area contributed by atoms with Gasteiger partial charge < -0.3 is 10.0 Å². The predicted octanol–water partition coefficient (Wildman–Crippen LogP) is 3.74.